The fraction of sp³-hybridized carbons (Fsp3) is 0.176. The molecule has 0 radical (unpaired) electrons. The SMILES string of the molecule is Cc1ccc(C(=O)Cc2nnnn2Cc2ccccc2)cc1. The highest BCUT2D eigenvalue weighted by molar-refractivity contribution is 5.97. The Bertz CT molecular complexity index is 763. The summed E-state index contributed by atoms with van der Waals surface area (Å²) in [7, 11) is 0. The lowest BCUT2D eigenvalue weighted by Gasteiger charge is -2.05. The first-order chi connectivity index (χ1) is 10.7. The van der Waals surface area contributed by atoms with Gasteiger partial charge in [-0.05, 0) is 22.9 Å². The van der Waals surface area contributed by atoms with Gasteiger partial charge in [-0.25, -0.2) is 4.68 Å². The third-order valence-corrected chi connectivity index (χ3v) is 3.47. The molecule has 22 heavy (non-hydrogen) atoms. The lowest BCUT2D eigenvalue weighted by molar-refractivity contribution is 0.0989. The van der Waals surface area contributed by atoms with Crippen LogP contribution in [0.2, 0.25) is 0 Å². The summed E-state index contributed by atoms with van der Waals surface area (Å²) < 4.78 is 1.67. The van der Waals surface area contributed by atoms with Crippen molar-refractivity contribution in [1.82, 2.24) is 20.2 Å². The average molecular weight is 292 g/mol. The molecule has 5 nitrogen and oxygen atoms in total. The second-order valence-electron chi connectivity index (χ2n) is 5.20. The van der Waals surface area contributed by atoms with Crippen molar-refractivity contribution >= 4 is 5.78 Å². The Morgan fingerprint density at radius 2 is 1.77 bits per heavy atom. The van der Waals surface area contributed by atoms with E-state index in [9.17, 15) is 4.79 Å². The lowest BCUT2D eigenvalue weighted by Crippen LogP contribution is -2.12. The number of nitrogens with zero attached hydrogens (tertiary/aromatic N) is 4. The van der Waals surface area contributed by atoms with E-state index in [2.05, 4.69) is 15.5 Å². The Labute approximate surface area is 128 Å². The minimum absolute atomic E-state index is 0.0177. The molecule has 1 heterocycles. The van der Waals surface area contributed by atoms with Gasteiger partial charge in [-0.15, -0.1) is 5.10 Å². The molecule has 0 spiro atoms. The Morgan fingerprint density at radius 1 is 1.05 bits per heavy atom. The molecule has 3 rings (SSSR count). The summed E-state index contributed by atoms with van der Waals surface area (Å²) >= 11 is 0. The van der Waals surface area contributed by atoms with Gasteiger partial charge in [0, 0.05) is 5.56 Å². The second-order valence-corrected chi connectivity index (χ2v) is 5.20. The molecule has 110 valence electrons. The van der Waals surface area contributed by atoms with Crippen LogP contribution in [0.4, 0.5) is 0 Å². The van der Waals surface area contributed by atoms with Gasteiger partial charge in [0.2, 0.25) is 0 Å². The third kappa shape index (κ3) is 3.25. The highest BCUT2D eigenvalue weighted by Gasteiger charge is 2.13. The van der Waals surface area contributed by atoms with E-state index in [4.69, 9.17) is 0 Å². The van der Waals surface area contributed by atoms with E-state index in [1.807, 2.05) is 61.5 Å². The number of carbonyl (C=O) groups excluding carboxylic acids is 1. The molecule has 1 aromatic heterocycles. The molecule has 0 atom stereocenters. The largest absolute Gasteiger partial charge is 0.294 e. The number of carbonyl (C=O) groups is 1. The van der Waals surface area contributed by atoms with Gasteiger partial charge in [-0.2, -0.15) is 0 Å². The molecular formula is C17H16N4O. The van der Waals surface area contributed by atoms with Crippen molar-refractivity contribution in [2.24, 2.45) is 0 Å². The van der Waals surface area contributed by atoms with Gasteiger partial charge in [-0.3, -0.25) is 4.79 Å². The third-order valence-electron chi connectivity index (χ3n) is 3.47. The normalized spacial score (nSPS) is 10.6. The van der Waals surface area contributed by atoms with E-state index in [0.717, 1.165) is 11.1 Å². The summed E-state index contributed by atoms with van der Waals surface area (Å²) in [6.07, 6.45) is 0.197. The predicted octanol–water partition coefficient (Wildman–Crippen LogP) is 2.46. The van der Waals surface area contributed by atoms with Gasteiger partial charge in [0.15, 0.2) is 11.6 Å². The van der Waals surface area contributed by atoms with Crippen LogP contribution in [0.25, 0.3) is 0 Å². The number of tetrazole rings is 1. The van der Waals surface area contributed by atoms with Crippen molar-refractivity contribution in [2.45, 2.75) is 19.9 Å². The Kier molecular flexibility index (Phi) is 4.05. The molecule has 2 aromatic carbocycles. The minimum atomic E-state index is 0.0177. The van der Waals surface area contributed by atoms with Crippen LogP contribution < -0.4 is 0 Å². The minimum Gasteiger partial charge on any atom is -0.294 e. The van der Waals surface area contributed by atoms with E-state index in [0.29, 0.717) is 17.9 Å². The monoisotopic (exact) mass is 292 g/mol. The number of ketones is 1. The van der Waals surface area contributed by atoms with Gasteiger partial charge in [0.1, 0.15) is 0 Å². The summed E-state index contributed by atoms with van der Waals surface area (Å²) in [4.78, 5) is 12.3. The fourth-order valence-electron chi connectivity index (χ4n) is 2.21. The number of hydrogen-bond acceptors (Lipinski definition) is 4. The number of rotatable bonds is 5. The standard InChI is InChI=1S/C17H16N4O/c1-13-7-9-15(10-8-13)16(22)11-17-18-19-20-21(17)12-14-5-3-2-4-6-14/h2-10H,11-12H2,1H3. The van der Waals surface area contributed by atoms with E-state index >= 15 is 0 Å². The van der Waals surface area contributed by atoms with Crippen LogP contribution in [0.3, 0.4) is 0 Å². The summed E-state index contributed by atoms with van der Waals surface area (Å²) in [6.45, 7) is 2.55. The highest BCUT2D eigenvalue weighted by atomic mass is 16.1. The average Bonchev–Trinajstić information content (AvgIpc) is 2.96. The smallest absolute Gasteiger partial charge is 0.170 e. The summed E-state index contributed by atoms with van der Waals surface area (Å²) in [6, 6.07) is 17.4. The molecule has 0 aliphatic rings. The quantitative estimate of drug-likeness (QED) is 0.678. The zero-order valence-corrected chi connectivity index (χ0v) is 12.3. The molecule has 0 aliphatic carbocycles. The first-order valence-corrected chi connectivity index (χ1v) is 7.11. The topological polar surface area (TPSA) is 60.7 Å². The zero-order chi connectivity index (χ0) is 15.4. The summed E-state index contributed by atoms with van der Waals surface area (Å²) in [5.74, 6) is 0.596. The number of aromatic nitrogens is 4. The maximum atomic E-state index is 12.3. The van der Waals surface area contributed by atoms with Crippen LogP contribution in [0.1, 0.15) is 27.3 Å². The van der Waals surface area contributed by atoms with Crippen LogP contribution in [0.15, 0.2) is 54.6 Å². The van der Waals surface area contributed by atoms with E-state index in [1.54, 1.807) is 4.68 Å². The van der Waals surface area contributed by atoms with Gasteiger partial charge in [0.05, 0.1) is 13.0 Å². The zero-order valence-electron chi connectivity index (χ0n) is 12.3. The summed E-state index contributed by atoms with van der Waals surface area (Å²) in [5, 5.41) is 11.6. The lowest BCUT2D eigenvalue weighted by atomic mass is 10.1. The van der Waals surface area contributed by atoms with E-state index in [1.165, 1.54) is 0 Å². The Morgan fingerprint density at radius 3 is 2.50 bits per heavy atom. The van der Waals surface area contributed by atoms with Crippen LogP contribution in [-0.4, -0.2) is 26.0 Å². The molecule has 0 saturated carbocycles. The molecule has 5 heteroatoms. The van der Waals surface area contributed by atoms with Crippen molar-refractivity contribution in [3.05, 3.63) is 77.1 Å². The maximum Gasteiger partial charge on any atom is 0.170 e. The molecule has 0 saturated heterocycles. The van der Waals surface area contributed by atoms with Crippen molar-refractivity contribution < 1.29 is 4.79 Å². The Balaban J connectivity index is 1.75. The van der Waals surface area contributed by atoms with E-state index < -0.39 is 0 Å². The highest BCUT2D eigenvalue weighted by Crippen LogP contribution is 2.09. The number of benzene rings is 2. The number of aryl methyl sites for hydroxylation is 1. The van der Waals surface area contributed by atoms with Crippen LogP contribution in [0, 0.1) is 6.92 Å². The van der Waals surface area contributed by atoms with Gasteiger partial charge >= 0.3 is 0 Å². The van der Waals surface area contributed by atoms with Gasteiger partial charge in [0.25, 0.3) is 0 Å². The van der Waals surface area contributed by atoms with Crippen molar-refractivity contribution in [3.8, 4) is 0 Å². The van der Waals surface area contributed by atoms with Crippen molar-refractivity contribution in [2.75, 3.05) is 0 Å². The Hall–Kier alpha value is -2.82. The van der Waals surface area contributed by atoms with Crippen molar-refractivity contribution in [3.63, 3.8) is 0 Å². The van der Waals surface area contributed by atoms with Crippen LogP contribution in [0.5, 0.6) is 0 Å². The van der Waals surface area contributed by atoms with Gasteiger partial charge < -0.3 is 0 Å². The van der Waals surface area contributed by atoms with Crippen LogP contribution in [-0.2, 0) is 13.0 Å². The maximum absolute atomic E-state index is 12.3. The summed E-state index contributed by atoms with van der Waals surface area (Å²) in [5.41, 5.74) is 2.91. The molecule has 0 aliphatic heterocycles. The van der Waals surface area contributed by atoms with E-state index in [-0.39, 0.29) is 12.2 Å². The molecule has 0 amide bonds. The predicted molar refractivity (Wildman–Crippen MR) is 82.6 cm³/mol. The van der Waals surface area contributed by atoms with Gasteiger partial charge in [-0.1, -0.05) is 60.2 Å². The molecule has 0 N–H and O–H groups in total. The number of hydrogen-bond donors (Lipinski definition) is 0. The van der Waals surface area contributed by atoms with Crippen LogP contribution >= 0.6 is 0 Å². The first kappa shape index (κ1) is 14.1. The molecular weight excluding hydrogens is 276 g/mol. The molecule has 3 aromatic rings. The second kappa shape index (κ2) is 6.30. The van der Waals surface area contributed by atoms with Crippen molar-refractivity contribution in [1.29, 1.82) is 0 Å². The number of Topliss-reactive ketones (excluding diaryl/α,β-unsaturated/α-hetero) is 1. The molecule has 0 unspecified atom stereocenters. The molecule has 0 fully saturated rings. The first-order valence-electron chi connectivity index (χ1n) is 7.11. The fourth-order valence-corrected chi connectivity index (χ4v) is 2.21. The molecule has 0 bridgehead atoms.